The van der Waals surface area contributed by atoms with Gasteiger partial charge in [0.25, 0.3) is 5.91 Å². The Morgan fingerprint density at radius 2 is 2.00 bits per heavy atom. The highest BCUT2D eigenvalue weighted by Crippen LogP contribution is 2.21. The fraction of sp³-hybridized carbons (Fsp3) is 0.312. The summed E-state index contributed by atoms with van der Waals surface area (Å²) < 4.78 is 10.7. The summed E-state index contributed by atoms with van der Waals surface area (Å²) in [4.78, 5) is 14.1. The van der Waals surface area contributed by atoms with Gasteiger partial charge >= 0.3 is 0 Å². The van der Waals surface area contributed by atoms with E-state index < -0.39 is 0 Å². The molecular formula is C16H19NO3. The van der Waals surface area contributed by atoms with Crippen LogP contribution in [0.25, 0.3) is 0 Å². The number of benzene rings is 1. The van der Waals surface area contributed by atoms with Gasteiger partial charge in [-0.2, -0.15) is 0 Å². The van der Waals surface area contributed by atoms with Crippen molar-refractivity contribution >= 4 is 5.91 Å². The molecule has 0 atom stereocenters. The maximum absolute atomic E-state index is 12.4. The van der Waals surface area contributed by atoms with Gasteiger partial charge in [-0.1, -0.05) is 18.2 Å². The minimum absolute atomic E-state index is 0.0507. The normalized spacial score (nSPS) is 10.4. The number of rotatable bonds is 4. The van der Waals surface area contributed by atoms with Crippen LogP contribution in [-0.2, 0) is 6.54 Å². The Hall–Kier alpha value is -2.23. The molecule has 0 aliphatic carbocycles. The molecule has 0 spiro atoms. The molecular weight excluding hydrogens is 254 g/mol. The zero-order valence-electron chi connectivity index (χ0n) is 12.3. The minimum atomic E-state index is -0.0507. The first-order chi connectivity index (χ1) is 9.52. The highest BCUT2D eigenvalue weighted by Gasteiger charge is 2.18. The van der Waals surface area contributed by atoms with Crippen molar-refractivity contribution in [2.45, 2.75) is 20.4 Å². The summed E-state index contributed by atoms with van der Waals surface area (Å²) >= 11 is 0. The van der Waals surface area contributed by atoms with Crippen LogP contribution in [0.2, 0.25) is 0 Å². The molecule has 0 bridgehead atoms. The number of furan rings is 1. The highest BCUT2D eigenvalue weighted by atomic mass is 16.5. The SMILES string of the molecule is COc1ccccc1CN(C)C(=O)c1cc(C)oc1C. The zero-order chi connectivity index (χ0) is 14.7. The Morgan fingerprint density at radius 3 is 2.60 bits per heavy atom. The molecule has 0 radical (unpaired) electrons. The van der Waals surface area contributed by atoms with E-state index in [0.29, 0.717) is 17.9 Å². The third-order valence-electron chi connectivity index (χ3n) is 3.22. The molecule has 1 aromatic carbocycles. The fourth-order valence-corrected chi connectivity index (χ4v) is 2.21. The number of para-hydroxylation sites is 1. The number of carbonyl (C=O) groups is 1. The minimum Gasteiger partial charge on any atom is -0.496 e. The first-order valence-electron chi connectivity index (χ1n) is 6.47. The van der Waals surface area contributed by atoms with Gasteiger partial charge < -0.3 is 14.1 Å². The van der Waals surface area contributed by atoms with Gasteiger partial charge in [0.1, 0.15) is 17.3 Å². The molecule has 1 heterocycles. The van der Waals surface area contributed by atoms with Crippen LogP contribution in [0.15, 0.2) is 34.7 Å². The van der Waals surface area contributed by atoms with Crippen molar-refractivity contribution in [1.29, 1.82) is 0 Å². The number of amides is 1. The van der Waals surface area contributed by atoms with Gasteiger partial charge in [0.2, 0.25) is 0 Å². The standard InChI is InChI=1S/C16H19NO3/c1-11-9-14(12(2)20-11)16(18)17(3)10-13-7-5-6-8-15(13)19-4/h5-9H,10H2,1-4H3. The van der Waals surface area contributed by atoms with Crippen LogP contribution < -0.4 is 4.74 Å². The molecule has 20 heavy (non-hydrogen) atoms. The van der Waals surface area contributed by atoms with Crippen molar-refractivity contribution in [3.05, 3.63) is 53.0 Å². The van der Waals surface area contributed by atoms with Gasteiger partial charge in [0, 0.05) is 19.2 Å². The fourth-order valence-electron chi connectivity index (χ4n) is 2.21. The van der Waals surface area contributed by atoms with Crippen molar-refractivity contribution in [1.82, 2.24) is 4.90 Å². The van der Waals surface area contributed by atoms with Crippen molar-refractivity contribution in [3.63, 3.8) is 0 Å². The number of ether oxygens (including phenoxy) is 1. The second kappa shape index (κ2) is 5.82. The van der Waals surface area contributed by atoms with Crippen LogP contribution in [-0.4, -0.2) is 25.0 Å². The summed E-state index contributed by atoms with van der Waals surface area (Å²) in [7, 11) is 3.40. The van der Waals surface area contributed by atoms with E-state index in [0.717, 1.165) is 17.1 Å². The Bertz CT molecular complexity index is 616. The molecule has 0 unspecified atom stereocenters. The lowest BCUT2D eigenvalue weighted by Crippen LogP contribution is -2.26. The lowest BCUT2D eigenvalue weighted by atomic mass is 10.1. The summed E-state index contributed by atoms with van der Waals surface area (Å²) in [6, 6.07) is 9.46. The number of carbonyl (C=O) groups excluding carboxylic acids is 1. The largest absolute Gasteiger partial charge is 0.496 e. The summed E-state index contributed by atoms with van der Waals surface area (Å²) in [5, 5.41) is 0. The van der Waals surface area contributed by atoms with E-state index in [1.165, 1.54) is 0 Å². The molecule has 1 amide bonds. The predicted molar refractivity (Wildman–Crippen MR) is 77.0 cm³/mol. The van der Waals surface area contributed by atoms with E-state index in [1.54, 1.807) is 32.0 Å². The van der Waals surface area contributed by atoms with Crippen LogP contribution in [0.4, 0.5) is 0 Å². The Kier molecular flexibility index (Phi) is 4.13. The summed E-state index contributed by atoms with van der Waals surface area (Å²) in [5.74, 6) is 2.13. The van der Waals surface area contributed by atoms with E-state index in [9.17, 15) is 4.79 Å². The maximum Gasteiger partial charge on any atom is 0.257 e. The zero-order valence-corrected chi connectivity index (χ0v) is 12.3. The Balaban J connectivity index is 2.17. The molecule has 4 heteroatoms. The van der Waals surface area contributed by atoms with E-state index in [-0.39, 0.29) is 5.91 Å². The van der Waals surface area contributed by atoms with Gasteiger partial charge in [-0.3, -0.25) is 4.79 Å². The number of nitrogens with zero attached hydrogens (tertiary/aromatic N) is 1. The van der Waals surface area contributed by atoms with Crippen LogP contribution in [0.5, 0.6) is 5.75 Å². The second-order valence-corrected chi connectivity index (χ2v) is 4.80. The van der Waals surface area contributed by atoms with Crippen molar-refractivity contribution in [3.8, 4) is 5.75 Å². The van der Waals surface area contributed by atoms with Crippen LogP contribution in [0, 0.1) is 13.8 Å². The van der Waals surface area contributed by atoms with Crippen molar-refractivity contribution < 1.29 is 13.9 Å². The number of methoxy groups -OCH3 is 1. The van der Waals surface area contributed by atoms with Gasteiger partial charge in [-0.05, 0) is 26.0 Å². The van der Waals surface area contributed by atoms with E-state index in [4.69, 9.17) is 9.15 Å². The topological polar surface area (TPSA) is 42.7 Å². The molecule has 0 N–H and O–H groups in total. The molecule has 0 aliphatic rings. The van der Waals surface area contributed by atoms with Crippen molar-refractivity contribution in [2.75, 3.05) is 14.2 Å². The van der Waals surface area contributed by atoms with Gasteiger partial charge in [-0.15, -0.1) is 0 Å². The van der Waals surface area contributed by atoms with Gasteiger partial charge in [-0.25, -0.2) is 0 Å². The molecule has 2 rings (SSSR count). The predicted octanol–water partition coefficient (Wildman–Crippen LogP) is 3.18. The second-order valence-electron chi connectivity index (χ2n) is 4.80. The number of hydrogen-bond acceptors (Lipinski definition) is 3. The summed E-state index contributed by atoms with van der Waals surface area (Å²) in [6.45, 7) is 4.13. The average molecular weight is 273 g/mol. The Morgan fingerprint density at radius 1 is 1.30 bits per heavy atom. The quantitative estimate of drug-likeness (QED) is 0.859. The molecule has 1 aromatic heterocycles. The van der Waals surface area contributed by atoms with Crippen LogP contribution >= 0.6 is 0 Å². The molecule has 0 fully saturated rings. The lowest BCUT2D eigenvalue weighted by molar-refractivity contribution is 0.0782. The molecule has 4 nitrogen and oxygen atoms in total. The van der Waals surface area contributed by atoms with E-state index in [1.807, 2.05) is 31.2 Å². The van der Waals surface area contributed by atoms with Gasteiger partial charge in [0.15, 0.2) is 0 Å². The average Bonchev–Trinajstić information content (AvgIpc) is 2.77. The first kappa shape index (κ1) is 14.2. The third kappa shape index (κ3) is 2.85. The third-order valence-corrected chi connectivity index (χ3v) is 3.22. The van der Waals surface area contributed by atoms with Gasteiger partial charge in [0.05, 0.1) is 12.7 Å². The number of aryl methyl sites for hydroxylation is 2. The summed E-state index contributed by atoms with van der Waals surface area (Å²) in [5.41, 5.74) is 1.59. The van der Waals surface area contributed by atoms with Crippen LogP contribution in [0.3, 0.4) is 0 Å². The highest BCUT2D eigenvalue weighted by molar-refractivity contribution is 5.95. The lowest BCUT2D eigenvalue weighted by Gasteiger charge is -2.18. The molecule has 0 aliphatic heterocycles. The first-order valence-corrected chi connectivity index (χ1v) is 6.47. The Labute approximate surface area is 119 Å². The molecule has 0 saturated heterocycles. The van der Waals surface area contributed by atoms with Crippen LogP contribution in [0.1, 0.15) is 27.4 Å². The molecule has 106 valence electrons. The van der Waals surface area contributed by atoms with Crippen molar-refractivity contribution in [2.24, 2.45) is 0 Å². The smallest absolute Gasteiger partial charge is 0.257 e. The van der Waals surface area contributed by atoms with E-state index in [2.05, 4.69) is 0 Å². The summed E-state index contributed by atoms with van der Waals surface area (Å²) in [6.07, 6.45) is 0. The maximum atomic E-state index is 12.4. The molecule has 2 aromatic rings. The number of hydrogen-bond donors (Lipinski definition) is 0. The van der Waals surface area contributed by atoms with E-state index >= 15 is 0 Å². The molecule has 0 saturated carbocycles. The monoisotopic (exact) mass is 273 g/mol.